The summed E-state index contributed by atoms with van der Waals surface area (Å²) in [5.74, 6) is 0. The van der Waals surface area contributed by atoms with Gasteiger partial charge in [0.15, 0.2) is 0 Å². The SMILES string of the molecule is CC1CN(C)CCN1CCC1(N)CCC1. The minimum atomic E-state index is 0.197. The minimum absolute atomic E-state index is 0.197. The van der Waals surface area contributed by atoms with Crippen LogP contribution in [0.2, 0.25) is 0 Å². The topological polar surface area (TPSA) is 32.5 Å². The van der Waals surface area contributed by atoms with Crippen molar-refractivity contribution in [1.82, 2.24) is 9.80 Å². The van der Waals surface area contributed by atoms with E-state index in [1.54, 1.807) is 0 Å². The van der Waals surface area contributed by atoms with Crippen LogP contribution in [0.5, 0.6) is 0 Å². The van der Waals surface area contributed by atoms with Gasteiger partial charge >= 0.3 is 0 Å². The Hall–Kier alpha value is -0.120. The summed E-state index contributed by atoms with van der Waals surface area (Å²) in [5.41, 5.74) is 6.45. The van der Waals surface area contributed by atoms with Crippen molar-refractivity contribution >= 4 is 0 Å². The lowest BCUT2D eigenvalue weighted by Crippen LogP contribution is -2.54. The number of piperazine rings is 1. The number of likely N-dealkylation sites (N-methyl/N-ethyl adjacent to an activating group) is 1. The molecule has 2 fully saturated rings. The summed E-state index contributed by atoms with van der Waals surface area (Å²) in [7, 11) is 2.21. The monoisotopic (exact) mass is 211 g/mol. The second-order valence-electron chi connectivity index (χ2n) is 5.61. The van der Waals surface area contributed by atoms with E-state index < -0.39 is 0 Å². The van der Waals surface area contributed by atoms with Crippen molar-refractivity contribution in [3.05, 3.63) is 0 Å². The Kier molecular flexibility index (Phi) is 3.33. The van der Waals surface area contributed by atoms with Crippen LogP contribution in [0.4, 0.5) is 0 Å². The Morgan fingerprint density at radius 3 is 2.60 bits per heavy atom. The number of nitrogens with zero attached hydrogens (tertiary/aromatic N) is 2. The highest BCUT2D eigenvalue weighted by Crippen LogP contribution is 2.32. The van der Waals surface area contributed by atoms with E-state index >= 15 is 0 Å². The molecule has 1 heterocycles. The Morgan fingerprint density at radius 2 is 2.07 bits per heavy atom. The summed E-state index contributed by atoms with van der Waals surface area (Å²) in [4.78, 5) is 5.02. The Morgan fingerprint density at radius 1 is 1.33 bits per heavy atom. The molecule has 15 heavy (non-hydrogen) atoms. The summed E-state index contributed by atoms with van der Waals surface area (Å²) in [6.45, 7) is 7.17. The molecule has 0 radical (unpaired) electrons. The number of hydrogen-bond donors (Lipinski definition) is 1. The van der Waals surface area contributed by atoms with Gasteiger partial charge in [-0.05, 0) is 39.7 Å². The summed E-state index contributed by atoms with van der Waals surface area (Å²) < 4.78 is 0. The maximum atomic E-state index is 6.26. The smallest absolute Gasteiger partial charge is 0.0195 e. The molecule has 1 saturated heterocycles. The third-order valence-corrected chi connectivity index (χ3v) is 4.21. The zero-order valence-electron chi connectivity index (χ0n) is 10.2. The van der Waals surface area contributed by atoms with Gasteiger partial charge in [-0.2, -0.15) is 0 Å². The zero-order valence-corrected chi connectivity index (χ0v) is 10.2. The van der Waals surface area contributed by atoms with Crippen molar-refractivity contribution < 1.29 is 0 Å². The van der Waals surface area contributed by atoms with E-state index in [9.17, 15) is 0 Å². The first-order valence-corrected chi connectivity index (χ1v) is 6.31. The first kappa shape index (κ1) is 11.4. The lowest BCUT2D eigenvalue weighted by molar-refractivity contribution is 0.0834. The van der Waals surface area contributed by atoms with E-state index in [0.717, 1.165) is 0 Å². The average molecular weight is 211 g/mol. The molecular formula is C12H25N3. The fourth-order valence-electron chi connectivity index (χ4n) is 2.76. The molecule has 1 saturated carbocycles. The van der Waals surface area contributed by atoms with Gasteiger partial charge in [0.05, 0.1) is 0 Å². The number of nitrogens with two attached hydrogens (primary N) is 1. The fraction of sp³-hybridized carbons (Fsp3) is 1.00. The molecule has 3 heteroatoms. The first-order chi connectivity index (χ1) is 7.09. The largest absolute Gasteiger partial charge is 0.325 e. The minimum Gasteiger partial charge on any atom is -0.325 e. The standard InChI is InChI=1S/C12H25N3/c1-11-10-14(2)8-9-15(11)7-6-12(13)4-3-5-12/h11H,3-10,13H2,1-2H3. The van der Waals surface area contributed by atoms with E-state index in [-0.39, 0.29) is 5.54 Å². The molecule has 2 N–H and O–H groups in total. The highest BCUT2D eigenvalue weighted by molar-refractivity contribution is 4.93. The van der Waals surface area contributed by atoms with Crippen LogP contribution in [0.25, 0.3) is 0 Å². The summed E-state index contributed by atoms with van der Waals surface area (Å²) in [6.07, 6.45) is 5.03. The first-order valence-electron chi connectivity index (χ1n) is 6.31. The second-order valence-corrected chi connectivity index (χ2v) is 5.61. The van der Waals surface area contributed by atoms with Crippen molar-refractivity contribution in [3.63, 3.8) is 0 Å². The predicted octanol–water partition coefficient (Wildman–Crippen LogP) is 0.894. The van der Waals surface area contributed by atoms with Crippen LogP contribution in [0.15, 0.2) is 0 Å². The van der Waals surface area contributed by atoms with E-state index in [1.807, 2.05) is 0 Å². The van der Waals surface area contributed by atoms with E-state index in [0.29, 0.717) is 6.04 Å². The van der Waals surface area contributed by atoms with Crippen LogP contribution in [0, 0.1) is 0 Å². The maximum Gasteiger partial charge on any atom is 0.0195 e. The van der Waals surface area contributed by atoms with Gasteiger partial charge in [0.1, 0.15) is 0 Å². The molecule has 1 unspecified atom stereocenters. The molecule has 0 spiro atoms. The summed E-state index contributed by atoms with van der Waals surface area (Å²) >= 11 is 0. The maximum absolute atomic E-state index is 6.26. The van der Waals surface area contributed by atoms with Crippen LogP contribution >= 0.6 is 0 Å². The molecule has 0 aromatic rings. The fourth-order valence-corrected chi connectivity index (χ4v) is 2.76. The van der Waals surface area contributed by atoms with E-state index in [2.05, 4.69) is 23.8 Å². The molecule has 3 nitrogen and oxygen atoms in total. The molecule has 1 aliphatic heterocycles. The lowest BCUT2D eigenvalue weighted by atomic mass is 9.75. The van der Waals surface area contributed by atoms with Crippen LogP contribution in [-0.2, 0) is 0 Å². The summed E-state index contributed by atoms with van der Waals surface area (Å²) in [6, 6.07) is 0.701. The van der Waals surface area contributed by atoms with Crippen molar-refractivity contribution in [2.45, 2.75) is 44.2 Å². The van der Waals surface area contributed by atoms with Crippen molar-refractivity contribution in [1.29, 1.82) is 0 Å². The molecular weight excluding hydrogens is 186 g/mol. The van der Waals surface area contributed by atoms with Gasteiger partial charge in [0.25, 0.3) is 0 Å². The molecule has 2 rings (SSSR count). The van der Waals surface area contributed by atoms with Crippen LogP contribution in [0.3, 0.4) is 0 Å². The van der Waals surface area contributed by atoms with Gasteiger partial charge in [0, 0.05) is 37.8 Å². The molecule has 2 aliphatic rings. The van der Waals surface area contributed by atoms with Crippen LogP contribution in [0.1, 0.15) is 32.6 Å². The molecule has 1 aliphatic carbocycles. The number of rotatable bonds is 3. The molecule has 0 aromatic heterocycles. The molecule has 88 valence electrons. The molecule has 0 aromatic carbocycles. The van der Waals surface area contributed by atoms with Gasteiger partial charge in [-0.3, -0.25) is 4.90 Å². The predicted molar refractivity (Wildman–Crippen MR) is 63.9 cm³/mol. The quantitative estimate of drug-likeness (QED) is 0.752. The third-order valence-electron chi connectivity index (χ3n) is 4.21. The van der Waals surface area contributed by atoms with Crippen LogP contribution in [-0.4, -0.2) is 54.6 Å². The van der Waals surface area contributed by atoms with Crippen molar-refractivity contribution in [2.24, 2.45) is 5.73 Å². The van der Waals surface area contributed by atoms with E-state index in [1.165, 1.54) is 51.9 Å². The van der Waals surface area contributed by atoms with Crippen molar-refractivity contribution in [2.75, 3.05) is 33.2 Å². The van der Waals surface area contributed by atoms with Gasteiger partial charge in [0.2, 0.25) is 0 Å². The normalized spacial score (nSPS) is 32.6. The molecule has 0 bridgehead atoms. The molecule has 1 atom stereocenters. The second kappa shape index (κ2) is 4.40. The third kappa shape index (κ3) is 2.71. The Bertz CT molecular complexity index is 213. The lowest BCUT2D eigenvalue weighted by Gasteiger charge is -2.43. The van der Waals surface area contributed by atoms with Gasteiger partial charge in [-0.15, -0.1) is 0 Å². The zero-order chi connectivity index (χ0) is 10.9. The van der Waals surface area contributed by atoms with Gasteiger partial charge < -0.3 is 10.6 Å². The van der Waals surface area contributed by atoms with Gasteiger partial charge in [-0.1, -0.05) is 0 Å². The number of hydrogen-bond acceptors (Lipinski definition) is 3. The van der Waals surface area contributed by atoms with E-state index in [4.69, 9.17) is 5.73 Å². The highest BCUT2D eigenvalue weighted by atomic mass is 15.3. The van der Waals surface area contributed by atoms with Crippen molar-refractivity contribution in [3.8, 4) is 0 Å². The highest BCUT2D eigenvalue weighted by Gasteiger charge is 2.33. The van der Waals surface area contributed by atoms with Crippen LogP contribution < -0.4 is 5.73 Å². The summed E-state index contributed by atoms with van der Waals surface area (Å²) in [5, 5.41) is 0. The van der Waals surface area contributed by atoms with Gasteiger partial charge in [-0.25, -0.2) is 0 Å². The molecule has 0 amide bonds. The average Bonchev–Trinajstić information content (AvgIpc) is 2.14. The Balaban J connectivity index is 1.74. The Labute approximate surface area is 93.6 Å².